The third kappa shape index (κ3) is 2.99. The van der Waals surface area contributed by atoms with Crippen molar-refractivity contribution >= 4 is 5.97 Å². The maximum atomic E-state index is 11.9. The van der Waals surface area contributed by atoms with Crippen molar-refractivity contribution in [2.24, 2.45) is 5.90 Å². The van der Waals surface area contributed by atoms with Crippen LogP contribution in [0.2, 0.25) is 0 Å². The Hall–Kier alpha value is -0.680. The first-order valence-electron chi connectivity index (χ1n) is 2.38. The van der Waals surface area contributed by atoms with Crippen LogP contribution in [0.5, 0.6) is 0 Å². The number of hydrogen-bond donors (Lipinski definition) is 1. The number of carbonyl (C=O) groups excluding carboxylic acids is 1. The van der Waals surface area contributed by atoms with Crippen LogP contribution in [0.15, 0.2) is 0 Å². The SMILES string of the molecule is CCOC(=O)C(F)ON. The molecule has 0 fully saturated rings. The highest BCUT2D eigenvalue weighted by molar-refractivity contribution is 5.72. The number of esters is 1. The molecule has 0 rings (SSSR count). The van der Waals surface area contributed by atoms with Gasteiger partial charge in [0.15, 0.2) is 0 Å². The second-order valence-electron chi connectivity index (χ2n) is 1.20. The molecule has 0 aliphatic carbocycles. The second kappa shape index (κ2) is 4.22. The number of hydrogen-bond acceptors (Lipinski definition) is 4. The van der Waals surface area contributed by atoms with Gasteiger partial charge >= 0.3 is 12.3 Å². The molecule has 0 saturated carbocycles. The van der Waals surface area contributed by atoms with Gasteiger partial charge < -0.3 is 4.74 Å². The Morgan fingerprint density at radius 1 is 1.89 bits per heavy atom. The molecule has 0 bridgehead atoms. The van der Waals surface area contributed by atoms with Gasteiger partial charge in [0.05, 0.1) is 6.61 Å². The van der Waals surface area contributed by atoms with Crippen molar-refractivity contribution in [3.8, 4) is 0 Å². The molecule has 0 aliphatic heterocycles. The summed E-state index contributed by atoms with van der Waals surface area (Å²) in [5.41, 5.74) is 0. The molecule has 54 valence electrons. The Morgan fingerprint density at radius 3 is 2.78 bits per heavy atom. The lowest BCUT2D eigenvalue weighted by atomic mass is 10.7. The zero-order chi connectivity index (χ0) is 7.28. The van der Waals surface area contributed by atoms with E-state index in [0.29, 0.717) is 0 Å². The van der Waals surface area contributed by atoms with E-state index in [1.807, 2.05) is 0 Å². The fourth-order valence-electron chi connectivity index (χ4n) is 0.263. The van der Waals surface area contributed by atoms with Gasteiger partial charge in [-0.3, -0.25) is 4.84 Å². The molecule has 1 atom stereocenters. The van der Waals surface area contributed by atoms with Gasteiger partial charge in [0.25, 0.3) is 0 Å². The van der Waals surface area contributed by atoms with Gasteiger partial charge in [0.2, 0.25) is 0 Å². The molecule has 0 saturated heterocycles. The van der Waals surface area contributed by atoms with Crippen molar-refractivity contribution in [2.45, 2.75) is 13.3 Å². The van der Waals surface area contributed by atoms with Gasteiger partial charge in [0, 0.05) is 0 Å². The number of rotatable bonds is 3. The summed E-state index contributed by atoms with van der Waals surface area (Å²) in [5.74, 6) is 3.23. The van der Waals surface area contributed by atoms with Crippen LogP contribution in [0.25, 0.3) is 0 Å². The average molecular weight is 137 g/mol. The zero-order valence-corrected chi connectivity index (χ0v) is 4.96. The molecule has 0 aromatic rings. The first kappa shape index (κ1) is 8.32. The van der Waals surface area contributed by atoms with Crippen LogP contribution in [-0.4, -0.2) is 18.9 Å². The quantitative estimate of drug-likeness (QED) is 0.430. The third-order valence-corrected chi connectivity index (χ3v) is 0.591. The highest BCUT2D eigenvalue weighted by atomic mass is 19.1. The van der Waals surface area contributed by atoms with E-state index < -0.39 is 12.3 Å². The van der Waals surface area contributed by atoms with E-state index in [4.69, 9.17) is 0 Å². The molecule has 0 radical (unpaired) electrons. The van der Waals surface area contributed by atoms with Crippen molar-refractivity contribution in [2.75, 3.05) is 6.61 Å². The largest absolute Gasteiger partial charge is 0.462 e. The van der Waals surface area contributed by atoms with Gasteiger partial charge in [-0.1, -0.05) is 0 Å². The smallest absolute Gasteiger partial charge is 0.370 e. The molecule has 4 nitrogen and oxygen atoms in total. The van der Waals surface area contributed by atoms with Crippen molar-refractivity contribution in [3.63, 3.8) is 0 Å². The Kier molecular flexibility index (Phi) is 3.90. The van der Waals surface area contributed by atoms with E-state index in [-0.39, 0.29) is 6.61 Å². The van der Waals surface area contributed by atoms with Crippen molar-refractivity contribution in [3.05, 3.63) is 0 Å². The van der Waals surface area contributed by atoms with Gasteiger partial charge in [-0.25, -0.2) is 15.1 Å². The van der Waals surface area contributed by atoms with E-state index >= 15 is 0 Å². The summed E-state index contributed by atoms with van der Waals surface area (Å²) < 4.78 is 16.1. The average Bonchev–Trinajstić information content (AvgIpc) is 1.87. The Bertz CT molecular complexity index is 97.8. The van der Waals surface area contributed by atoms with Crippen LogP contribution in [0.3, 0.4) is 0 Å². The molecule has 0 spiro atoms. The van der Waals surface area contributed by atoms with E-state index in [0.717, 1.165) is 0 Å². The fraction of sp³-hybridized carbons (Fsp3) is 0.750. The Morgan fingerprint density at radius 2 is 2.44 bits per heavy atom. The lowest BCUT2D eigenvalue weighted by molar-refractivity contribution is -0.169. The summed E-state index contributed by atoms with van der Waals surface area (Å²) in [4.78, 5) is 13.7. The molecule has 2 N–H and O–H groups in total. The lowest BCUT2D eigenvalue weighted by Crippen LogP contribution is -2.24. The molecular formula is C4H8FNO3. The predicted octanol–water partition coefficient (Wildman–Crippen LogP) is -0.265. The number of alkyl halides is 1. The van der Waals surface area contributed by atoms with Gasteiger partial charge in [-0.15, -0.1) is 0 Å². The maximum absolute atomic E-state index is 11.9. The van der Waals surface area contributed by atoms with Crippen molar-refractivity contribution in [1.29, 1.82) is 0 Å². The maximum Gasteiger partial charge on any atom is 0.370 e. The van der Waals surface area contributed by atoms with Crippen LogP contribution in [0.1, 0.15) is 6.92 Å². The van der Waals surface area contributed by atoms with Crippen LogP contribution in [-0.2, 0) is 14.4 Å². The summed E-state index contributed by atoms with van der Waals surface area (Å²) in [6, 6.07) is 0. The molecule has 0 amide bonds. The summed E-state index contributed by atoms with van der Waals surface area (Å²) in [5, 5.41) is 0. The first-order valence-corrected chi connectivity index (χ1v) is 2.38. The van der Waals surface area contributed by atoms with E-state index in [9.17, 15) is 9.18 Å². The zero-order valence-electron chi connectivity index (χ0n) is 4.96. The van der Waals surface area contributed by atoms with Crippen molar-refractivity contribution < 1.29 is 18.8 Å². The van der Waals surface area contributed by atoms with Crippen LogP contribution < -0.4 is 5.90 Å². The minimum atomic E-state index is -2.16. The molecule has 0 heterocycles. The Balaban J connectivity index is 3.46. The van der Waals surface area contributed by atoms with E-state index in [2.05, 4.69) is 15.5 Å². The molecule has 0 aliphatic rings. The minimum Gasteiger partial charge on any atom is -0.462 e. The fourth-order valence-corrected chi connectivity index (χ4v) is 0.263. The van der Waals surface area contributed by atoms with Gasteiger partial charge in [-0.2, -0.15) is 0 Å². The van der Waals surface area contributed by atoms with E-state index in [1.165, 1.54) is 0 Å². The van der Waals surface area contributed by atoms with E-state index in [1.54, 1.807) is 6.92 Å². The summed E-state index contributed by atoms with van der Waals surface area (Å²) in [6.45, 7) is 1.67. The van der Waals surface area contributed by atoms with Crippen LogP contribution in [0, 0.1) is 0 Å². The summed E-state index contributed by atoms with van der Waals surface area (Å²) in [6.07, 6.45) is -2.16. The standard InChI is InChI=1S/C4H8FNO3/c1-2-8-4(7)3(5)9-6/h3H,2,6H2,1H3. The lowest BCUT2D eigenvalue weighted by Gasteiger charge is -2.02. The van der Waals surface area contributed by atoms with Crippen molar-refractivity contribution in [1.82, 2.24) is 0 Å². The normalized spacial score (nSPS) is 12.8. The monoisotopic (exact) mass is 137 g/mol. The first-order chi connectivity index (χ1) is 4.22. The highest BCUT2D eigenvalue weighted by Gasteiger charge is 2.16. The minimum absolute atomic E-state index is 0.114. The van der Waals surface area contributed by atoms with Gasteiger partial charge in [0.1, 0.15) is 0 Å². The third-order valence-electron chi connectivity index (χ3n) is 0.591. The number of carbonyl (C=O) groups is 1. The summed E-state index contributed by atoms with van der Waals surface area (Å²) >= 11 is 0. The molecule has 9 heavy (non-hydrogen) atoms. The molecule has 1 unspecified atom stereocenters. The molecular weight excluding hydrogens is 129 g/mol. The molecule has 0 aromatic heterocycles. The summed E-state index contributed by atoms with van der Waals surface area (Å²) in [7, 11) is 0. The number of ether oxygens (including phenoxy) is 1. The van der Waals surface area contributed by atoms with Gasteiger partial charge in [-0.05, 0) is 6.92 Å². The Labute approximate surface area is 51.7 Å². The van der Waals surface area contributed by atoms with Crippen LogP contribution >= 0.6 is 0 Å². The number of halogens is 1. The highest BCUT2D eigenvalue weighted by Crippen LogP contribution is 1.92. The number of nitrogens with two attached hydrogens (primary N) is 1. The molecule has 5 heteroatoms. The predicted molar refractivity (Wildman–Crippen MR) is 26.8 cm³/mol. The second-order valence-corrected chi connectivity index (χ2v) is 1.20. The topological polar surface area (TPSA) is 61.5 Å². The molecule has 0 aromatic carbocycles. The van der Waals surface area contributed by atoms with Crippen LogP contribution in [0.4, 0.5) is 4.39 Å².